The average Bonchev–Trinajstić information content (AvgIpc) is 2.88. The summed E-state index contributed by atoms with van der Waals surface area (Å²) < 4.78 is 0. The SMILES string of the molecule is CC1CCCN(C(=O)c2ccc3c(c2)NCC3)C1C. The third-order valence-electron chi connectivity index (χ3n) is 4.70. The minimum absolute atomic E-state index is 0.190. The lowest BCUT2D eigenvalue weighted by molar-refractivity contribution is 0.0551. The maximum absolute atomic E-state index is 12.7. The number of fused-ring (bicyclic) bond motifs is 1. The number of amides is 1. The van der Waals surface area contributed by atoms with Gasteiger partial charge in [-0.05, 0) is 49.8 Å². The van der Waals surface area contributed by atoms with E-state index in [1.807, 2.05) is 17.0 Å². The van der Waals surface area contributed by atoms with Crippen molar-refractivity contribution in [3.8, 4) is 0 Å². The van der Waals surface area contributed by atoms with Gasteiger partial charge in [-0.1, -0.05) is 13.0 Å². The third kappa shape index (κ3) is 2.22. The van der Waals surface area contributed by atoms with Crippen molar-refractivity contribution in [2.75, 3.05) is 18.4 Å². The van der Waals surface area contributed by atoms with Gasteiger partial charge in [0.15, 0.2) is 0 Å². The Morgan fingerprint density at radius 1 is 1.37 bits per heavy atom. The molecule has 0 radical (unpaired) electrons. The minimum Gasteiger partial charge on any atom is -0.384 e. The molecule has 1 N–H and O–H groups in total. The fourth-order valence-corrected chi connectivity index (χ4v) is 3.21. The number of likely N-dealkylation sites (tertiary alicyclic amines) is 1. The first-order valence-corrected chi connectivity index (χ1v) is 7.34. The number of piperidine rings is 1. The molecule has 0 aliphatic carbocycles. The predicted octanol–water partition coefficient (Wildman–Crippen LogP) is 2.92. The first-order chi connectivity index (χ1) is 9.16. The third-order valence-corrected chi connectivity index (χ3v) is 4.70. The zero-order valence-electron chi connectivity index (χ0n) is 11.8. The molecule has 0 saturated carbocycles. The van der Waals surface area contributed by atoms with E-state index in [-0.39, 0.29) is 5.91 Å². The summed E-state index contributed by atoms with van der Waals surface area (Å²) in [6.45, 7) is 6.31. The lowest BCUT2D eigenvalue weighted by Gasteiger charge is -2.38. The standard InChI is InChI=1S/C16H22N2O/c1-11-4-3-9-18(12(11)2)16(19)14-6-5-13-7-8-17-15(13)10-14/h5-6,10-12,17H,3-4,7-9H2,1-2H3. The van der Waals surface area contributed by atoms with E-state index in [2.05, 4.69) is 25.2 Å². The van der Waals surface area contributed by atoms with Gasteiger partial charge in [0.05, 0.1) is 0 Å². The lowest BCUT2D eigenvalue weighted by atomic mass is 9.91. The van der Waals surface area contributed by atoms with Gasteiger partial charge in [-0.25, -0.2) is 0 Å². The summed E-state index contributed by atoms with van der Waals surface area (Å²) in [5.41, 5.74) is 3.30. The number of rotatable bonds is 1. The highest BCUT2D eigenvalue weighted by atomic mass is 16.2. The molecular weight excluding hydrogens is 236 g/mol. The van der Waals surface area contributed by atoms with Crippen LogP contribution in [0.25, 0.3) is 0 Å². The average molecular weight is 258 g/mol. The van der Waals surface area contributed by atoms with Crippen LogP contribution in [0.1, 0.15) is 42.6 Å². The molecule has 3 heteroatoms. The molecule has 0 bridgehead atoms. The normalized spacial score (nSPS) is 25.9. The molecule has 1 fully saturated rings. The topological polar surface area (TPSA) is 32.3 Å². The Balaban J connectivity index is 1.83. The molecule has 2 heterocycles. The van der Waals surface area contributed by atoms with Gasteiger partial charge in [-0.2, -0.15) is 0 Å². The number of carbonyl (C=O) groups is 1. The van der Waals surface area contributed by atoms with Gasteiger partial charge in [0.2, 0.25) is 0 Å². The van der Waals surface area contributed by atoms with E-state index in [1.54, 1.807) is 0 Å². The molecule has 102 valence electrons. The number of benzene rings is 1. The van der Waals surface area contributed by atoms with Crippen LogP contribution >= 0.6 is 0 Å². The molecule has 2 atom stereocenters. The Kier molecular flexibility index (Phi) is 3.21. The van der Waals surface area contributed by atoms with Gasteiger partial charge in [0.25, 0.3) is 5.91 Å². The van der Waals surface area contributed by atoms with Crippen molar-refractivity contribution in [2.45, 2.75) is 39.2 Å². The van der Waals surface area contributed by atoms with Crippen molar-refractivity contribution >= 4 is 11.6 Å². The van der Waals surface area contributed by atoms with Crippen LogP contribution in [0.15, 0.2) is 18.2 Å². The molecule has 1 aromatic rings. The van der Waals surface area contributed by atoms with E-state index in [9.17, 15) is 4.79 Å². The van der Waals surface area contributed by atoms with Crippen molar-refractivity contribution in [1.82, 2.24) is 4.90 Å². The highest BCUT2D eigenvalue weighted by molar-refractivity contribution is 5.95. The molecule has 2 aliphatic rings. The maximum atomic E-state index is 12.7. The Hall–Kier alpha value is -1.51. The Morgan fingerprint density at radius 2 is 2.21 bits per heavy atom. The van der Waals surface area contributed by atoms with Crippen LogP contribution in [0.4, 0.5) is 5.69 Å². The second-order valence-corrected chi connectivity index (χ2v) is 5.91. The van der Waals surface area contributed by atoms with Crippen molar-refractivity contribution in [3.05, 3.63) is 29.3 Å². The van der Waals surface area contributed by atoms with Gasteiger partial charge in [-0.15, -0.1) is 0 Å². The number of carbonyl (C=O) groups excluding carboxylic acids is 1. The fourth-order valence-electron chi connectivity index (χ4n) is 3.21. The summed E-state index contributed by atoms with van der Waals surface area (Å²) in [7, 11) is 0. The van der Waals surface area contributed by atoms with Crippen molar-refractivity contribution in [2.24, 2.45) is 5.92 Å². The summed E-state index contributed by atoms with van der Waals surface area (Å²) >= 11 is 0. The number of hydrogen-bond acceptors (Lipinski definition) is 2. The van der Waals surface area contributed by atoms with E-state index >= 15 is 0 Å². The van der Waals surface area contributed by atoms with Gasteiger partial charge in [0, 0.05) is 30.4 Å². The molecule has 2 unspecified atom stereocenters. The number of nitrogens with one attached hydrogen (secondary N) is 1. The molecule has 3 rings (SSSR count). The Bertz CT molecular complexity index is 498. The number of anilines is 1. The van der Waals surface area contributed by atoms with E-state index < -0.39 is 0 Å². The highest BCUT2D eigenvalue weighted by Crippen LogP contribution is 2.27. The number of hydrogen-bond donors (Lipinski definition) is 1. The van der Waals surface area contributed by atoms with E-state index in [4.69, 9.17) is 0 Å². The predicted molar refractivity (Wildman–Crippen MR) is 77.5 cm³/mol. The van der Waals surface area contributed by atoms with Crippen LogP contribution in [0.3, 0.4) is 0 Å². The first-order valence-electron chi connectivity index (χ1n) is 7.34. The van der Waals surface area contributed by atoms with Crippen LogP contribution < -0.4 is 5.32 Å². The van der Waals surface area contributed by atoms with Gasteiger partial charge in [-0.3, -0.25) is 4.79 Å². The van der Waals surface area contributed by atoms with Gasteiger partial charge in [0.1, 0.15) is 0 Å². The molecule has 1 saturated heterocycles. The zero-order valence-corrected chi connectivity index (χ0v) is 11.8. The van der Waals surface area contributed by atoms with E-state index in [0.717, 1.165) is 37.2 Å². The molecule has 2 aliphatic heterocycles. The van der Waals surface area contributed by atoms with Crippen molar-refractivity contribution < 1.29 is 4.79 Å². The van der Waals surface area contributed by atoms with Crippen LogP contribution in [-0.2, 0) is 6.42 Å². The first kappa shape index (κ1) is 12.5. The summed E-state index contributed by atoms with van der Waals surface area (Å²) in [5, 5.41) is 3.35. The molecule has 1 aromatic carbocycles. The van der Waals surface area contributed by atoms with Gasteiger partial charge < -0.3 is 10.2 Å². The summed E-state index contributed by atoms with van der Waals surface area (Å²) in [5.74, 6) is 0.792. The number of nitrogens with zero attached hydrogens (tertiary/aromatic N) is 1. The lowest BCUT2D eigenvalue weighted by Crippen LogP contribution is -2.46. The van der Waals surface area contributed by atoms with Crippen LogP contribution in [0.2, 0.25) is 0 Å². The van der Waals surface area contributed by atoms with Crippen LogP contribution in [-0.4, -0.2) is 29.9 Å². The Morgan fingerprint density at radius 3 is 3.05 bits per heavy atom. The minimum atomic E-state index is 0.190. The summed E-state index contributed by atoms with van der Waals surface area (Å²) in [4.78, 5) is 14.7. The summed E-state index contributed by atoms with van der Waals surface area (Å²) in [6, 6.07) is 6.46. The van der Waals surface area contributed by atoms with Crippen LogP contribution in [0.5, 0.6) is 0 Å². The quantitative estimate of drug-likeness (QED) is 0.840. The zero-order chi connectivity index (χ0) is 13.4. The summed E-state index contributed by atoms with van der Waals surface area (Å²) in [6.07, 6.45) is 3.43. The second-order valence-electron chi connectivity index (χ2n) is 5.91. The highest BCUT2D eigenvalue weighted by Gasteiger charge is 2.29. The second kappa shape index (κ2) is 4.87. The molecular formula is C16H22N2O. The van der Waals surface area contributed by atoms with E-state index in [0.29, 0.717) is 12.0 Å². The molecule has 0 aromatic heterocycles. The largest absolute Gasteiger partial charge is 0.384 e. The van der Waals surface area contributed by atoms with Crippen molar-refractivity contribution in [3.63, 3.8) is 0 Å². The fraction of sp³-hybridized carbons (Fsp3) is 0.562. The van der Waals surface area contributed by atoms with Crippen molar-refractivity contribution in [1.29, 1.82) is 0 Å². The van der Waals surface area contributed by atoms with Gasteiger partial charge >= 0.3 is 0 Å². The molecule has 19 heavy (non-hydrogen) atoms. The smallest absolute Gasteiger partial charge is 0.254 e. The molecule has 3 nitrogen and oxygen atoms in total. The van der Waals surface area contributed by atoms with Crippen LogP contribution in [0, 0.1) is 5.92 Å². The monoisotopic (exact) mass is 258 g/mol. The maximum Gasteiger partial charge on any atom is 0.254 e. The van der Waals surface area contributed by atoms with E-state index in [1.165, 1.54) is 12.0 Å². The Labute approximate surface area is 115 Å². The molecule has 0 spiro atoms. The molecule has 1 amide bonds.